The molecule has 2 amide bonds. The number of hydrogen-bond donors (Lipinski definition) is 1. The molecule has 0 unspecified atom stereocenters. The molecule has 0 heterocycles. The third kappa shape index (κ3) is 9.26. The number of anilines is 1. The summed E-state index contributed by atoms with van der Waals surface area (Å²) in [5.41, 5.74) is 1.26. The van der Waals surface area contributed by atoms with Crippen LogP contribution in [0.2, 0.25) is 5.02 Å². The van der Waals surface area contributed by atoms with Crippen molar-refractivity contribution in [3.63, 3.8) is 0 Å². The number of carbonyl (C=O) groups is 2. The smallest absolute Gasteiger partial charge is 0.243 e. The first-order chi connectivity index (χ1) is 19.6. The van der Waals surface area contributed by atoms with Gasteiger partial charge in [0.1, 0.15) is 17.5 Å². The van der Waals surface area contributed by atoms with Crippen molar-refractivity contribution in [2.75, 3.05) is 31.3 Å². The summed E-state index contributed by atoms with van der Waals surface area (Å²) < 4.78 is 36.9. The number of methoxy groups -OCH3 is 2. The minimum Gasteiger partial charge on any atom is -0.497 e. The van der Waals surface area contributed by atoms with Gasteiger partial charge in [-0.3, -0.25) is 13.9 Å². The van der Waals surface area contributed by atoms with Crippen LogP contribution in [0.3, 0.4) is 0 Å². The van der Waals surface area contributed by atoms with Crippen LogP contribution in [0.4, 0.5) is 5.69 Å². The molecule has 1 N–H and O–H groups in total. The van der Waals surface area contributed by atoms with Crippen LogP contribution in [0, 0.1) is 0 Å². The number of carbonyl (C=O) groups excluding carboxylic acids is 2. The minimum atomic E-state index is -3.65. The van der Waals surface area contributed by atoms with Crippen LogP contribution in [0.1, 0.15) is 63.9 Å². The van der Waals surface area contributed by atoms with Gasteiger partial charge in [0.05, 0.1) is 31.2 Å². The van der Waals surface area contributed by atoms with E-state index >= 15 is 0 Å². The summed E-state index contributed by atoms with van der Waals surface area (Å²) in [4.78, 5) is 28.7. The van der Waals surface area contributed by atoms with E-state index in [2.05, 4.69) is 5.32 Å². The van der Waals surface area contributed by atoms with E-state index in [1.807, 2.05) is 31.2 Å². The Hall–Kier alpha value is -2.98. The van der Waals surface area contributed by atoms with E-state index in [0.29, 0.717) is 23.6 Å². The van der Waals surface area contributed by atoms with Gasteiger partial charge in [-0.05, 0) is 61.6 Å². The molecule has 1 aliphatic rings. The Kier molecular flexibility index (Phi) is 12.1. The third-order valence-electron chi connectivity index (χ3n) is 7.42. The Morgan fingerprint density at radius 2 is 1.73 bits per heavy atom. The van der Waals surface area contributed by atoms with Gasteiger partial charge in [-0.2, -0.15) is 0 Å². The molecule has 2 aromatic rings. The van der Waals surface area contributed by atoms with Crippen LogP contribution in [0.5, 0.6) is 11.5 Å². The molecular weight excluding hydrogens is 566 g/mol. The molecule has 0 aromatic heterocycles. The number of amides is 2. The molecule has 3 rings (SSSR count). The molecule has 0 aliphatic heterocycles. The molecule has 1 aliphatic carbocycles. The summed E-state index contributed by atoms with van der Waals surface area (Å²) in [7, 11) is -0.571. The second-order valence-electron chi connectivity index (χ2n) is 10.4. The lowest BCUT2D eigenvalue weighted by Crippen LogP contribution is -2.51. The van der Waals surface area contributed by atoms with Gasteiger partial charge in [-0.25, -0.2) is 8.42 Å². The first-order valence-corrected chi connectivity index (χ1v) is 16.3. The van der Waals surface area contributed by atoms with Crippen LogP contribution >= 0.6 is 11.6 Å². The maximum absolute atomic E-state index is 13.7. The van der Waals surface area contributed by atoms with Crippen molar-refractivity contribution in [1.29, 1.82) is 0 Å². The normalized spacial score (nSPS) is 14.7. The topological polar surface area (TPSA) is 105 Å². The predicted octanol–water partition coefficient (Wildman–Crippen LogP) is 5.16. The van der Waals surface area contributed by atoms with E-state index in [1.54, 1.807) is 24.1 Å². The Bertz CT molecular complexity index is 1270. The summed E-state index contributed by atoms with van der Waals surface area (Å²) >= 11 is 6.24. The second-order valence-corrected chi connectivity index (χ2v) is 12.7. The quantitative estimate of drug-likeness (QED) is 0.318. The number of sulfonamides is 1. The van der Waals surface area contributed by atoms with Crippen molar-refractivity contribution in [3.05, 3.63) is 53.1 Å². The number of hydrogen-bond acceptors (Lipinski definition) is 6. The summed E-state index contributed by atoms with van der Waals surface area (Å²) in [5, 5.41) is 3.46. The Morgan fingerprint density at radius 3 is 2.29 bits per heavy atom. The van der Waals surface area contributed by atoms with Crippen LogP contribution in [0.25, 0.3) is 0 Å². The van der Waals surface area contributed by atoms with Crippen molar-refractivity contribution in [3.8, 4) is 11.5 Å². The molecular formula is C30H42ClN3O6S. The van der Waals surface area contributed by atoms with E-state index in [1.165, 1.54) is 23.9 Å². The number of halogens is 1. The van der Waals surface area contributed by atoms with Crippen LogP contribution in [-0.4, -0.2) is 64.2 Å². The average Bonchev–Trinajstić information content (AvgIpc) is 2.95. The van der Waals surface area contributed by atoms with Gasteiger partial charge in [0.25, 0.3) is 0 Å². The molecule has 0 saturated heterocycles. The molecule has 1 fully saturated rings. The molecule has 0 radical (unpaired) electrons. The van der Waals surface area contributed by atoms with E-state index in [4.69, 9.17) is 21.1 Å². The highest BCUT2D eigenvalue weighted by Gasteiger charge is 2.30. The number of nitrogens with zero attached hydrogens (tertiary/aromatic N) is 2. The van der Waals surface area contributed by atoms with Gasteiger partial charge in [0.15, 0.2) is 0 Å². The van der Waals surface area contributed by atoms with Crippen molar-refractivity contribution in [2.24, 2.45) is 0 Å². The number of benzene rings is 2. The molecule has 11 heteroatoms. The maximum atomic E-state index is 13.7. The number of ether oxygens (including phenoxy) is 2. The van der Waals surface area contributed by atoms with Crippen molar-refractivity contribution in [1.82, 2.24) is 10.2 Å². The second kappa shape index (κ2) is 15.3. The first-order valence-electron chi connectivity index (χ1n) is 14.1. The largest absolute Gasteiger partial charge is 0.497 e. The summed E-state index contributed by atoms with van der Waals surface area (Å²) in [6.07, 6.45) is 7.16. The van der Waals surface area contributed by atoms with Gasteiger partial charge in [0, 0.05) is 25.6 Å². The van der Waals surface area contributed by atoms with Crippen molar-refractivity contribution < 1.29 is 27.5 Å². The van der Waals surface area contributed by atoms with Crippen LogP contribution in [0.15, 0.2) is 42.5 Å². The minimum absolute atomic E-state index is 0.0687. The number of rotatable bonds is 14. The molecule has 0 bridgehead atoms. The van der Waals surface area contributed by atoms with E-state index in [9.17, 15) is 18.0 Å². The fourth-order valence-corrected chi connectivity index (χ4v) is 6.41. The zero-order valence-corrected chi connectivity index (χ0v) is 26.0. The lowest BCUT2D eigenvalue weighted by molar-refractivity contribution is -0.141. The molecule has 9 nitrogen and oxygen atoms in total. The summed E-state index contributed by atoms with van der Waals surface area (Å²) in [5.74, 6) is 0.776. The fraction of sp³-hybridized carbons (Fsp3) is 0.533. The molecule has 0 spiro atoms. The van der Waals surface area contributed by atoms with Crippen LogP contribution in [-0.2, 0) is 26.2 Å². The Morgan fingerprint density at radius 1 is 1.05 bits per heavy atom. The van der Waals surface area contributed by atoms with Crippen molar-refractivity contribution >= 4 is 39.1 Å². The van der Waals surface area contributed by atoms with Gasteiger partial charge in [-0.15, -0.1) is 0 Å². The molecule has 1 saturated carbocycles. The highest BCUT2D eigenvalue weighted by Crippen LogP contribution is 2.30. The zero-order chi connectivity index (χ0) is 30.0. The first kappa shape index (κ1) is 32.5. The lowest BCUT2D eigenvalue weighted by Gasteiger charge is -2.33. The maximum Gasteiger partial charge on any atom is 0.243 e. The summed E-state index contributed by atoms with van der Waals surface area (Å²) in [6.45, 7) is 2.23. The predicted molar refractivity (Wildman–Crippen MR) is 162 cm³/mol. The van der Waals surface area contributed by atoms with E-state index < -0.39 is 16.1 Å². The van der Waals surface area contributed by atoms with E-state index in [0.717, 1.165) is 37.5 Å². The molecule has 1 atom stereocenters. The van der Waals surface area contributed by atoms with Gasteiger partial charge in [-0.1, -0.05) is 49.9 Å². The molecule has 41 heavy (non-hydrogen) atoms. The highest BCUT2D eigenvalue weighted by atomic mass is 35.5. The van der Waals surface area contributed by atoms with Gasteiger partial charge >= 0.3 is 0 Å². The Balaban J connectivity index is 1.77. The zero-order valence-electron chi connectivity index (χ0n) is 24.4. The van der Waals surface area contributed by atoms with Gasteiger partial charge < -0.3 is 19.7 Å². The molecule has 226 valence electrons. The molecule has 2 aromatic carbocycles. The SMILES string of the molecule is CC[C@@H](C(=O)NC1CCCCC1)N(Cc1ccc(OC)cc1)C(=O)CCCN(c1ccc(OC)c(Cl)c1)S(C)(=O)=O. The third-order valence-corrected chi connectivity index (χ3v) is 8.91. The monoisotopic (exact) mass is 607 g/mol. The number of nitrogens with one attached hydrogen (secondary N) is 1. The average molecular weight is 608 g/mol. The fourth-order valence-electron chi connectivity index (χ4n) is 5.21. The highest BCUT2D eigenvalue weighted by molar-refractivity contribution is 7.92. The van der Waals surface area contributed by atoms with Crippen molar-refractivity contribution in [2.45, 2.75) is 76.9 Å². The standard InChI is InChI=1S/C30H42ClN3O6S/c1-5-27(30(36)32-23-10-7-6-8-11-23)33(21-22-13-16-25(39-2)17-14-22)29(35)12-9-19-34(41(4,37)38)24-15-18-28(40-3)26(31)20-24/h13-18,20,23,27H,5-12,19,21H2,1-4H3,(H,32,36)/t27-/m0/s1. The Labute approximate surface area is 249 Å². The lowest BCUT2D eigenvalue weighted by atomic mass is 9.95. The van der Waals surface area contributed by atoms with E-state index in [-0.39, 0.29) is 48.8 Å². The van der Waals surface area contributed by atoms with Gasteiger partial charge in [0.2, 0.25) is 21.8 Å². The van der Waals surface area contributed by atoms with Crippen LogP contribution < -0.4 is 19.1 Å². The summed E-state index contributed by atoms with van der Waals surface area (Å²) in [6, 6.07) is 11.6.